The van der Waals surface area contributed by atoms with Gasteiger partial charge in [0.05, 0.1) is 6.61 Å². The van der Waals surface area contributed by atoms with Crippen molar-refractivity contribution in [1.29, 1.82) is 0 Å². The zero-order valence-electron chi connectivity index (χ0n) is 12.3. The van der Waals surface area contributed by atoms with Crippen LogP contribution in [-0.2, 0) is 6.42 Å². The van der Waals surface area contributed by atoms with E-state index in [4.69, 9.17) is 4.74 Å². The second-order valence-electron chi connectivity index (χ2n) is 4.81. The molecule has 0 saturated heterocycles. The van der Waals surface area contributed by atoms with E-state index >= 15 is 0 Å². The van der Waals surface area contributed by atoms with Gasteiger partial charge in [0.15, 0.2) is 0 Å². The molecule has 106 valence electrons. The molecule has 0 aliphatic rings. The topological polar surface area (TPSA) is 47.0 Å². The van der Waals surface area contributed by atoms with E-state index in [2.05, 4.69) is 46.5 Å². The molecule has 1 heterocycles. The van der Waals surface area contributed by atoms with E-state index in [0.717, 1.165) is 12.2 Å². The molecule has 0 aliphatic heterocycles. The van der Waals surface area contributed by atoms with Crippen molar-refractivity contribution in [3.05, 3.63) is 47.8 Å². The standard InChI is InChI=1S/C16H21N3O/c1-4-20-16-11-15(18-13(3)19-16)17-12(2)10-14-8-6-5-7-9-14/h5-9,11-12H,4,10H2,1-3H3,(H,17,18,19). The minimum atomic E-state index is 0.293. The lowest BCUT2D eigenvalue weighted by molar-refractivity contribution is 0.325. The van der Waals surface area contributed by atoms with Gasteiger partial charge in [0.25, 0.3) is 0 Å². The first kappa shape index (κ1) is 14.3. The van der Waals surface area contributed by atoms with Crippen molar-refractivity contribution >= 4 is 5.82 Å². The Morgan fingerprint density at radius 2 is 1.95 bits per heavy atom. The van der Waals surface area contributed by atoms with Gasteiger partial charge in [-0.25, -0.2) is 4.98 Å². The quantitative estimate of drug-likeness (QED) is 0.876. The van der Waals surface area contributed by atoms with E-state index in [1.165, 1.54) is 5.56 Å². The van der Waals surface area contributed by atoms with Crippen LogP contribution in [0.25, 0.3) is 0 Å². The van der Waals surface area contributed by atoms with Crippen molar-refractivity contribution in [3.63, 3.8) is 0 Å². The highest BCUT2D eigenvalue weighted by atomic mass is 16.5. The number of benzene rings is 1. The summed E-state index contributed by atoms with van der Waals surface area (Å²) in [6.07, 6.45) is 0.952. The maximum Gasteiger partial charge on any atom is 0.218 e. The molecule has 2 aromatic rings. The Kier molecular flexibility index (Phi) is 4.93. The van der Waals surface area contributed by atoms with E-state index in [0.29, 0.717) is 24.4 Å². The van der Waals surface area contributed by atoms with Crippen LogP contribution in [0.1, 0.15) is 25.2 Å². The van der Waals surface area contributed by atoms with Gasteiger partial charge in [0, 0.05) is 12.1 Å². The molecule has 2 rings (SSSR count). The summed E-state index contributed by atoms with van der Waals surface area (Å²) < 4.78 is 5.44. The molecule has 0 radical (unpaired) electrons. The molecule has 0 fully saturated rings. The molecule has 20 heavy (non-hydrogen) atoms. The van der Waals surface area contributed by atoms with Gasteiger partial charge in [-0.05, 0) is 32.8 Å². The fraction of sp³-hybridized carbons (Fsp3) is 0.375. The minimum absolute atomic E-state index is 0.293. The summed E-state index contributed by atoms with van der Waals surface area (Å²) in [4.78, 5) is 8.64. The molecule has 1 aromatic heterocycles. The maximum atomic E-state index is 5.44. The number of anilines is 1. The summed E-state index contributed by atoms with van der Waals surface area (Å²) in [5, 5.41) is 3.40. The third kappa shape index (κ3) is 4.23. The predicted molar refractivity (Wildman–Crippen MR) is 81.2 cm³/mol. The summed E-state index contributed by atoms with van der Waals surface area (Å²) >= 11 is 0. The molecule has 1 N–H and O–H groups in total. The molecule has 4 heteroatoms. The molecule has 0 aliphatic carbocycles. The summed E-state index contributed by atoms with van der Waals surface area (Å²) in [6, 6.07) is 12.6. The van der Waals surface area contributed by atoms with Crippen LogP contribution in [-0.4, -0.2) is 22.6 Å². The molecule has 0 spiro atoms. The van der Waals surface area contributed by atoms with Crippen molar-refractivity contribution in [1.82, 2.24) is 9.97 Å². The zero-order chi connectivity index (χ0) is 14.4. The Balaban J connectivity index is 2.02. The number of hydrogen-bond acceptors (Lipinski definition) is 4. The number of ether oxygens (including phenoxy) is 1. The third-order valence-corrected chi connectivity index (χ3v) is 2.89. The number of aromatic nitrogens is 2. The minimum Gasteiger partial charge on any atom is -0.478 e. The van der Waals surface area contributed by atoms with E-state index in [-0.39, 0.29) is 0 Å². The van der Waals surface area contributed by atoms with Crippen molar-refractivity contribution in [2.24, 2.45) is 0 Å². The normalized spacial score (nSPS) is 11.9. The Labute approximate surface area is 120 Å². The van der Waals surface area contributed by atoms with Crippen LogP contribution < -0.4 is 10.1 Å². The van der Waals surface area contributed by atoms with Crippen molar-refractivity contribution in [3.8, 4) is 5.88 Å². The lowest BCUT2D eigenvalue weighted by atomic mass is 10.1. The van der Waals surface area contributed by atoms with Crippen LogP contribution in [0.2, 0.25) is 0 Å². The molecule has 4 nitrogen and oxygen atoms in total. The molecule has 1 atom stereocenters. The van der Waals surface area contributed by atoms with Gasteiger partial charge >= 0.3 is 0 Å². The third-order valence-electron chi connectivity index (χ3n) is 2.89. The summed E-state index contributed by atoms with van der Waals surface area (Å²) in [5.41, 5.74) is 1.31. The first-order valence-corrected chi connectivity index (χ1v) is 6.96. The predicted octanol–water partition coefficient (Wildman–Crippen LogP) is 3.23. The molecule has 0 amide bonds. The Bertz CT molecular complexity index is 543. The lowest BCUT2D eigenvalue weighted by Gasteiger charge is -2.15. The average molecular weight is 271 g/mol. The lowest BCUT2D eigenvalue weighted by Crippen LogP contribution is -2.19. The van der Waals surface area contributed by atoms with Gasteiger partial charge in [0.2, 0.25) is 5.88 Å². The van der Waals surface area contributed by atoms with Crippen LogP contribution in [0.15, 0.2) is 36.4 Å². The number of rotatable bonds is 6. The molecular weight excluding hydrogens is 250 g/mol. The summed E-state index contributed by atoms with van der Waals surface area (Å²) in [7, 11) is 0. The second kappa shape index (κ2) is 6.89. The van der Waals surface area contributed by atoms with E-state index in [1.807, 2.05) is 26.0 Å². The first-order chi connectivity index (χ1) is 9.67. The van der Waals surface area contributed by atoms with Crippen LogP contribution in [0.5, 0.6) is 5.88 Å². The number of nitrogens with zero attached hydrogens (tertiary/aromatic N) is 2. The molecule has 1 aromatic carbocycles. The number of aryl methyl sites for hydroxylation is 1. The van der Waals surface area contributed by atoms with Crippen LogP contribution >= 0.6 is 0 Å². The van der Waals surface area contributed by atoms with E-state index in [1.54, 1.807) is 0 Å². The zero-order valence-corrected chi connectivity index (χ0v) is 12.3. The van der Waals surface area contributed by atoms with Crippen LogP contribution in [0, 0.1) is 6.92 Å². The first-order valence-electron chi connectivity index (χ1n) is 6.96. The van der Waals surface area contributed by atoms with Gasteiger partial charge in [-0.15, -0.1) is 0 Å². The monoisotopic (exact) mass is 271 g/mol. The molecule has 1 unspecified atom stereocenters. The van der Waals surface area contributed by atoms with Gasteiger partial charge in [-0.2, -0.15) is 4.98 Å². The highest BCUT2D eigenvalue weighted by Gasteiger charge is 2.07. The number of nitrogens with one attached hydrogen (secondary N) is 1. The average Bonchev–Trinajstić information content (AvgIpc) is 2.39. The Hall–Kier alpha value is -2.10. The second-order valence-corrected chi connectivity index (χ2v) is 4.81. The fourth-order valence-electron chi connectivity index (χ4n) is 2.11. The highest BCUT2D eigenvalue weighted by Crippen LogP contribution is 2.15. The van der Waals surface area contributed by atoms with E-state index in [9.17, 15) is 0 Å². The Morgan fingerprint density at radius 3 is 2.65 bits per heavy atom. The summed E-state index contributed by atoms with van der Waals surface area (Å²) in [6.45, 7) is 6.57. The van der Waals surface area contributed by atoms with Gasteiger partial charge in [-0.3, -0.25) is 0 Å². The fourth-order valence-corrected chi connectivity index (χ4v) is 2.11. The maximum absolute atomic E-state index is 5.44. The van der Waals surface area contributed by atoms with E-state index < -0.39 is 0 Å². The van der Waals surface area contributed by atoms with Crippen LogP contribution in [0.4, 0.5) is 5.82 Å². The summed E-state index contributed by atoms with van der Waals surface area (Å²) in [5.74, 6) is 2.14. The van der Waals surface area contributed by atoms with Gasteiger partial charge < -0.3 is 10.1 Å². The SMILES string of the molecule is CCOc1cc(NC(C)Cc2ccccc2)nc(C)n1. The van der Waals surface area contributed by atoms with Crippen molar-refractivity contribution in [2.45, 2.75) is 33.2 Å². The Morgan fingerprint density at radius 1 is 1.20 bits per heavy atom. The van der Waals surface area contributed by atoms with Crippen LogP contribution in [0.3, 0.4) is 0 Å². The van der Waals surface area contributed by atoms with Gasteiger partial charge in [-0.1, -0.05) is 30.3 Å². The number of hydrogen-bond donors (Lipinski definition) is 1. The van der Waals surface area contributed by atoms with Crippen molar-refractivity contribution < 1.29 is 4.74 Å². The van der Waals surface area contributed by atoms with Gasteiger partial charge in [0.1, 0.15) is 11.6 Å². The largest absolute Gasteiger partial charge is 0.478 e. The molecule has 0 saturated carbocycles. The highest BCUT2D eigenvalue weighted by molar-refractivity contribution is 5.39. The molecular formula is C16H21N3O. The van der Waals surface area contributed by atoms with Crippen molar-refractivity contribution in [2.75, 3.05) is 11.9 Å². The molecule has 0 bridgehead atoms. The smallest absolute Gasteiger partial charge is 0.218 e.